The first-order valence-corrected chi connectivity index (χ1v) is 2.98. The number of carboxylic acids is 1. The molecule has 0 rings (SSSR count). The summed E-state index contributed by atoms with van der Waals surface area (Å²) in [7, 11) is 0. The summed E-state index contributed by atoms with van der Waals surface area (Å²) in [5.41, 5.74) is 0. The van der Waals surface area contributed by atoms with E-state index in [9.17, 15) is 4.79 Å². The molecule has 0 aliphatic carbocycles. The van der Waals surface area contributed by atoms with E-state index in [4.69, 9.17) is 5.11 Å². The van der Waals surface area contributed by atoms with Gasteiger partial charge < -0.3 is 5.11 Å². The third kappa shape index (κ3) is 6.96. The van der Waals surface area contributed by atoms with Gasteiger partial charge in [0, 0.05) is 0 Å². The van der Waals surface area contributed by atoms with E-state index < -0.39 is 9.71 Å². The average Bonchev–Trinajstić information content (AvgIpc) is 1.36. The summed E-state index contributed by atoms with van der Waals surface area (Å²) in [4.78, 5) is 9.61. The molecule has 0 aromatic carbocycles. The molecule has 0 unspecified atom stereocenters. The molecule has 0 spiro atoms. The van der Waals surface area contributed by atoms with Gasteiger partial charge in [0.25, 0.3) is 0 Å². The van der Waals surface area contributed by atoms with Crippen LogP contribution in [0.15, 0.2) is 0 Å². The van der Waals surface area contributed by atoms with Gasteiger partial charge in [-0.05, 0) is 0 Å². The van der Waals surface area contributed by atoms with Crippen molar-refractivity contribution >= 4 is 55.2 Å². The van der Waals surface area contributed by atoms with Crippen molar-refractivity contribution in [1.29, 1.82) is 0 Å². The Bertz CT molecular complexity index is 64.7. The Labute approximate surface area is 68.7 Å². The molecule has 0 saturated carbocycles. The summed E-state index contributed by atoms with van der Waals surface area (Å²) < 4.78 is -0.606. The van der Waals surface area contributed by atoms with Crippen molar-refractivity contribution in [2.45, 2.75) is 3.74 Å². The van der Waals surface area contributed by atoms with E-state index in [0.29, 0.717) is 0 Å². The molecule has 0 aliphatic rings. The highest BCUT2D eigenvalue weighted by Crippen LogP contribution is 2.05. The maximum absolute atomic E-state index is 9.61. The summed E-state index contributed by atoms with van der Waals surface area (Å²) in [6.07, 6.45) is 0. The predicted molar refractivity (Wildman–Crippen MR) is 39.2 cm³/mol. The Balaban J connectivity index is 0. The van der Waals surface area contributed by atoms with Crippen molar-refractivity contribution in [2.75, 3.05) is 0 Å². The molecule has 0 aromatic rings. The van der Waals surface area contributed by atoms with Crippen LogP contribution in [0.4, 0.5) is 0 Å². The van der Waals surface area contributed by atoms with E-state index in [0.717, 1.165) is 0 Å². The van der Waals surface area contributed by atoms with Crippen LogP contribution in [0.25, 0.3) is 0 Å². The highest BCUT2D eigenvalue weighted by atomic mass is 79.9. The van der Waals surface area contributed by atoms with Crippen molar-refractivity contribution in [2.24, 2.45) is 0 Å². The minimum atomic E-state index is -0.907. The smallest absolute Gasteiger partial charge is 0.328 e. The third-order valence-electron chi connectivity index (χ3n) is 0.187. The van der Waals surface area contributed by atoms with Crippen LogP contribution in [0.3, 0.4) is 0 Å². The number of rotatable bonds is 1. The summed E-state index contributed by atoms with van der Waals surface area (Å²) >= 11 is 5.51. The molecule has 0 fully saturated rings. The van der Waals surface area contributed by atoms with Crippen LogP contribution in [-0.2, 0) is 4.79 Å². The molecule has 0 atom stereocenters. The lowest BCUT2D eigenvalue weighted by atomic mass is 10.8. The van der Waals surface area contributed by atoms with Crippen LogP contribution in [0.1, 0.15) is 0 Å². The third-order valence-corrected chi connectivity index (χ3v) is 0.970. The summed E-state index contributed by atoms with van der Waals surface area (Å²) in [5, 5.41) is 7.90. The number of carbonyl (C=O) groups is 1. The lowest BCUT2D eigenvalue weighted by Crippen LogP contribution is -2.02. The number of aliphatic carboxylic acids is 1. The van der Waals surface area contributed by atoms with Gasteiger partial charge in [0.1, 0.15) is 0 Å². The Hall–Kier alpha value is 0.962. The van der Waals surface area contributed by atoms with E-state index in [1.165, 1.54) is 0 Å². The molecule has 1 N–H and O–H groups in total. The molecule has 5 heteroatoms. The molecule has 7 heavy (non-hydrogen) atoms. The lowest BCUT2D eigenvalue weighted by molar-refractivity contribution is -0.134. The van der Waals surface area contributed by atoms with Gasteiger partial charge in [-0.1, -0.05) is 31.9 Å². The average molecular weight is 248 g/mol. The van der Waals surface area contributed by atoms with E-state index in [2.05, 4.69) is 31.9 Å². The van der Waals surface area contributed by atoms with Gasteiger partial charge in [-0.3, -0.25) is 4.79 Å². The topological polar surface area (TPSA) is 37.3 Å². The fourth-order valence-corrected chi connectivity index (χ4v) is 0. The first-order chi connectivity index (χ1) is 2.64. The zero-order chi connectivity index (χ0) is 5.15. The Morgan fingerprint density at radius 1 is 1.57 bits per heavy atom. The van der Waals surface area contributed by atoms with Gasteiger partial charge in [-0.15, -0.1) is 0 Å². The van der Waals surface area contributed by atoms with Gasteiger partial charge in [0.05, 0.1) is 0 Å². The Kier molecular flexibility index (Phi) is 7.92. The predicted octanol–water partition coefficient (Wildman–Crippen LogP) is 0.00300. The van der Waals surface area contributed by atoms with Crippen LogP contribution in [0.5, 0.6) is 0 Å². The molecular weight excluding hydrogens is 243 g/mol. The van der Waals surface area contributed by atoms with E-state index in [1.807, 2.05) is 0 Å². The van der Waals surface area contributed by atoms with Crippen LogP contribution >= 0.6 is 31.9 Å². The Morgan fingerprint density at radius 2 is 1.71 bits per heavy atom. The second-order valence-electron chi connectivity index (χ2n) is 0.639. The van der Waals surface area contributed by atoms with Gasteiger partial charge >= 0.3 is 5.97 Å². The molecule has 0 amide bonds. The molecule has 0 heterocycles. The largest absolute Gasteiger partial charge is 0.480 e. The molecule has 42 valence electrons. The number of hydrogen-bond donors (Lipinski definition) is 1. The minimum absolute atomic E-state index is 0. The standard InChI is InChI=1S/C2H2Br2O2.Al.3H/c3-1(4)2(5)6;;;;/h1H,(H,5,6);;;;. The van der Waals surface area contributed by atoms with Gasteiger partial charge in [0.2, 0.25) is 0 Å². The molecule has 0 radical (unpaired) electrons. The van der Waals surface area contributed by atoms with Gasteiger partial charge in [0.15, 0.2) is 21.1 Å². The maximum atomic E-state index is 9.61. The number of halogens is 2. The summed E-state index contributed by atoms with van der Waals surface area (Å²) in [5.74, 6) is -0.907. The fourth-order valence-electron chi connectivity index (χ4n) is 0. The number of carboxylic acid groups (broad SMARTS) is 1. The van der Waals surface area contributed by atoms with Crippen LogP contribution in [0, 0.1) is 0 Å². The number of hydrogen-bond acceptors (Lipinski definition) is 1. The molecule has 2 nitrogen and oxygen atoms in total. The molecule has 0 saturated heterocycles. The van der Waals surface area contributed by atoms with Crippen molar-refractivity contribution in [3.8, 4) is 0 Å². The first kappa shape index (κ1) is 10.9. The Morgan fingerprint density at radius 3 is 1.71 bits per heavy atom. The molecule has 0 aliphatic heterocycles. The highest BCUT2D eigenvalue weighted by Gasteiger charge is 2.04. The molecule has 0 aromatic heterocycles. The van der Waals surface area contributed by atoms with Crippen molar-refractivity contribution < 1.29 is 9.90 Å². The first-order valence-electron chi connectivity index (χ1n) is 1.15. The van der Waals surface area contributed by atoms with Crippen molar-refractivity contribution in [3.05, 3.63) is 0 Å². The SMILES string of the molecule is O=C(O)C(Br)Br.[AlH3]. The van der Waals surface area contributed by atoms with E-state index >= 15 is 0 Å². The highest BCUT2D eigenvalue weighted by molar-refractivity contribution is 9.25. The van der Waals surface area contributed by atoms with Crippen LogP contribution in [0.2, 0.25) is 0 Å². The minimum Gasteiger partial charge on any atom is -0.480 e. The zero-order valence-corrected chi connectivity index (χ0v) is 5.86. The fraction of sp³-hybridized carbons (Fsp3) is 0.500. The summed E-state index contributed by atoms with van der Waals surface area (Å²) in [6, 6.07) is 0. The van der Waals surface area contributed by atoms with Gasteiger partial charge in [-0.25, -0.2) is 0 Å². The van der Waals surface area contributed by atoms with Crippen molar-refractivity contribution in [1.82, 2.24) is 0 Å². The van der Waals surface area contributed by atoms with Crippen LogP contribution < -0.4 is 0 Å². The second-order valence-corrected chi connectivity index (χ2v) is 3.70. The van der Waals surface area contributed by atoms with E-state index in [1.54, 1.807) is 0 Å². The van der Waals surface area contributed by atoms with E-state index in [-0.39, 0.29) is 17.4 Å². The van der Waals surface area contributed by atoms with Crippen LogP contribution in [-0.4, -0.2) is 32.2 Å². The summed E-state index contributed by atoms with van der Waals surface area (Å²) in [6.45, 7) is 0. The molecule has 0 bridgehead atoms. The second kappa shape index (κ2) is 5.11. The van der Waals surface area contributed by atoms with Crippen molar-refractivity contribution in [3.63, 3.8) is 0 Å². The number of alkyl halides is 2. The zero-order valence-electron chi connectivity index (χ0n) is 2.69. The maximum Gasteiger partial charge on any atom is 0.328 e. The molecular formula is C2H5AlBr2O2. The quantitative estimate of drug-likeness (QED) is 0.524. The van der Waals surface area contributed by atoms with Gasteiger partial charge in [-0.2, -0.15) is 0 Å². The normalized spacial score (nSPS) is 7.86. The lowest BCUT2D eigenvalue weighted by Gasteiger charge is -1.84. The monoisotopic (exact) mass is 246 g/mol.